The number of aliphatic hydroxyl groups excluding tert-OH is 1. The van der Waals surface area contributed by atoms with Crippen molar-refractivity contribution in [2.45, 2.75) is 31.1 Å². The highest BCUT2D eigenvalue weighted by Gasteiger charge is 2.37. The summed E-state index contributed by atoms with van der Waals surface area (Å²) in [5, 5.41) is 16.6. The van der Waals surface area contributed by atoms with Crippen molar-refractivity contribution < 1.29 is 32.3 Å². The van der Waals surface area contributed by atoms with E-state index in [0.717, 1.165) is 0 Å². The van der Waals surface area contributed by atoms with E-state index in [0.29, 0.717) is 33.9 Å². The number of carbonyl (C=O) groups is 1. The van der Waals surface area contributed by atoms with Crippen molar-refractivity contribution in [2.75, 3.05) is 13.4 Å². The van der Waals surface area contributed by atoms with E-state index >= 15 is 0 Å². The highest BCUT2D eigenvalue weighted by Crippen LogP contribution is 2.45. The second-order valence-electron chi connectivity index (χ2n) is 7.09. The normalized spacial score (nSPS) is 13.9. The lowest BCUT2D eigenvalue weighted by Crippen LogP contribution is -2.35. The number of nitrogens with zero attached hydrogens (tertiary/aromatic N) is 1. The minimum atomic E-state index is -4.13. The van der Waals surface area contributed by atoms with Gasteiger partial charge >= 0.3 is 0 Å². The molecule has 2 aromatic heterocycles. The number of amides is 1. The van der Waals surface area contributed by atoms with Gasteiger partial charge in [-0.2, -0.15) is 11.3 Å². The summed E-state index contributed by atoms with van der Waals surface area (Å²) in [5.74, 6) is -1.26. The second kappa shape index (κ2) is 8.74. The smallest absolute Gasteiger partial charge is 0.264 e. The number of rotatable bonds is 7. The molecule has 0 saturated heterocycles. The van der Waals surface area contributed by atoms with Crippen molar-refractivity contribution in [3.8, 4) is 11.5 Å². The van der Waals surface area contributed by atoms with Gasteiger partial charge in [-0.1, -0.05) is 16.8 Å². The van der Waals surface area contributed by atoms with E-state index in [-0.39, 0.29) is 35.5 Å². The molecule has 3 heterocycles. The van der Waals surface area contributed by atoms with E-state index in [1.165, 1.54) is 22.8 Å². The fraction of sp³-hybridized carbons (Fsp3) is 0.300. The standard InChI is InChI=1S/C20H19ClN2O7S2/c1-10-15(12(3-5-24)7-14-18(10)29-9-28-14)16(19-17(21)11(2)22-30-19)20(25)23-32(26,27)13-4-6-31-8-13/h4,6-8,16,24H,3,5,9H2,1-2H3,(H,23,25). The van der Waals surface area contributed by atoms with Crippen LogP contribution in [0.25, 0.3) is 0 Å². The number of aryl methyl sites for hydroxylation is 1. The average Bonchev–Trinajstić information content (AvgIpc) is 3.48. The SMILES string of the molecule is Cc1noc(C(C(=O)NS(=O)(=O)c2ccsc2)c2c(CCO)cc3c(c2C)OCO3)c1Cl. The van der Waals surface area contributed by atoms with E-state index in [4.69, 9.17) is 25.6 Å². The molecule has 0 saturated carbocycles. The van der Waals surface area contributed by atoms with Gasteiger partial charge in [0.1, 0.15) is 10.9 Å². The van der Waals surface area contributed by atoms with Crippen molar-refractivity contribution in [3.63, 3.8) is 0 Å². The number of ether oxygens (including phenoxy) is 2. The molecule has 1 aliphatic rings. The Morgan fingerprint density at radius 3 is 2.78 bits per heavy atom. The predicted molar refractivity (Wildman–Crippen MR) is 116 cm³/mol. The van der Waals surface area contributed by atoms with Crippen LogP contribution < -0.4 is 14.2 Å². The summed E-state index contributed by atoms with van der Waals surface area (Å²) in [4.78, 5) is 13.4. The van der Waals surface area contributed by atoms with Gasteiger partial charge in [0.2, 0.25) is 12.7 Å². The predicted octanol–water partition coefficient (Wildman–Crippen LogP) is 2.91. The van der Waals surface area contributed by atoms with Crippen molar-refractivity contribution in [1.82, 2.24) is 9.88 Å². The minimum Gasteiger partial charge on any atom is -0.454 e. The third kappa shape index (κ3) is 3.96. The zero-order valence-corrected chi connectivity index (χ0v) is 19.4. The molecule has 4 rings (SSSR count). The Morgan fingerprint density at radius 2 is 2.16 bits per heavy atom. The monoisotopic (exact) mass is 498 g/mol. The van der Waals surface area contributed by atoms with Crippen LogP contribution in [0.5, 0.6) is 11.5 Å². The zero-order valence-electron chi connectivity index (χ0n) is 17.0. The molecule has 0 radical (unpaired) electrons. The molecule has 9 nitrogen and oxygen atoms in total. The Hall–Kier alpha value is -2.60. The van der Waals surface area contributed by atoms with Crippen LogP contribution in [0.4, 0.5) is 0 Å². The van der Waals surface area contributed by atoms with E-state index in [1.54, 1.807) is 25.3 Å². The minimum absolute atomic E-state index is 0.00373. The van der Waals surface area contributed by atoms with Crippen molar-refractivity contribution in [3.05, 3.63) is 56.1 Å². The fourth-order valence-electron chi connectivity index (χ4n) is 3.61. The summed E-state index contributed by atoms with van der Waals surface area (Å²) < 4.78 is 44.0. The summed E-state index contributed by atoms with van der Waals surface area (Å²) >= 11 is 7.57. The van der Waals surface area contributed by atoms with Crippen LogP contribution in [-0.2, 0) is 21.2 Å². The number of aliphatic hydroxyl groups is 1. The number of carbonyl (C=O) groups excluding carboxylic acids is 1. The van der Waals surface area contributed by atoms with Crippen molar-refractivity contribution in [1.29, 1.82) is 0 Å². The number of aromatic nitrogens is 1. The van der Waals surface area contributed by atoms with Gasteiger partial charge in [-0.25, -0.2) is 13.1 Å². The van der Waals surface area contributed by atoms with Crippen LogP contribution in [-0.4, -0.2) is 38.0 Å². The van der Waals surface area contributed by atoms with Gasteiger partial charge in [0.25, 0.3) is 10.0 Å². The highest BCUT2D eigenvalue weighted by atomic mass is 35.5. The highest BCUT2D eigenvalue weighted by molar-refractivity contribution is 7.90. The van der Waals surface area contributed by atoms with Crippen LogP contribution >= 0.6 is 22.9 Å². The van der Waals surface area contributed by atoms with Crippen LogP contribution in [0.15, 0.2) is 32.3 Å². The molecule has 3 aromatic rings. The molecule has 1 aromatic carbocycles. The summed E-state index contributed by atoms with van der Waals surface area (Å²) in [6.07, 6.45) is 0.179. The van der Waals surface area contributed by atoms with Crippen LogP contribution in [0.1, 0.15) is 34.1 Å². The first-order valence-corrected chi connectivity index (χ1v) is 12.3. The maximum atomic E-state index is 13.5. The molecule has 1 amide bonds. The molecule has 1 aliphatic heterocycles. The quantitative estimate of drug-likeness (QED) is 0.509. The molecule has 1 unspecified atom stereocenters. The van der Waals surface area contributed by atoms with Crippen LogP contribution in [0.3, 0.4) is 0 Å². The van der Waals surface area contributed by atoms with E-state index < -0.39 is 21.8 Å². The third-order valence-corrected chi connectivity index (χ3v) is 7.72. The first kappa shape index (κ1) is 22.6. The number of fused-ring (bicyclic) bond motifs is 1. The Labute approximate surface area is 192 Å². The van der Waals surface area contributed by atoms with Gasteiger partial charge in [0.05, 0.1) is 10.6 Å². The van der Waals surface area contributed by atoms with Crippen molar-refractivity contribution >= 4 is 38.9 Å². The molecule has 0 aliphatic carbocycles. The first-order chi connectivity index (χ1) is 15.2. The average molecular weight is 499 g/mol. The van der Waals surface area contributed by atoms with Gasteiger partial charge in [-0.15, -0.1) is 0 Å². The number of halogens is 1. The Morgan fingerprint density at radius 1 is 1.38 bits per heavy atom. The Bertz CT molecular complexity index is 1270. The van der Waals surface area contributed by atoms with Crippen molar-refractivity contribution in [2.24, 2.45) is 0 Å². The lowest BCUT2D eigenvalue weighted by atomic mass is 9.86. The molecule has 170 valence electrons. The summed E-state index contributed by atoms with van der Waals surface area (Å²) in [6, 6.07) is 3.05. The lowest BCUT2D eigenvalue weighted by Gasteiger charge is -2.21. The molecule has 32 heavy (non-hydrogen) atoms. The number of hydrogen-bond donors (Lipinski definition) is 2. The van der Waals surface area contributed by atoms with Gasteiger partial charge in [0, 0.05) is 12.0 Å². The topological polar surface area (TPSA) is 128 Å². The molecular formula is C20H19ClN2O7S2. The first-order valence-electron chi connectivity index (χ1n) is 9.48. The third-order valence-electron chi connectivity index (χ3n) is 5.09. The van der Waals surface area contributed by atoms with Gasteiger partial charge in [-0.3, -0.25) is 4.79 Å². The number of sulfonamides is 1. The van der Waals surface area contributed by atoms with E-state index in [1.807, 2.05) is 0 Å². The van der Waals surface area contributed by atoms with Gasteiger partial charge in [0.15, 0.2) is 17.3 Å². The molecular weight excluding hydrogens is 480 g/mol. The number of benzene rings is 1. The van der Waals surface area contributed by atoms with Crippen LogP contribution in [0, 0.1) is 13.8 Å². The van der Waals surface area contributed by atoms with E-state index in [9.17, 15) is 18.3 Å². The largest absolute Gasteiger partial charge is 0.454 e. The second-order valence-corrected chi connectivity index (χ2v) is 9.93. The summed E-state index contributed by atoms with van der Waals surface area (Å²) in [7, 11) is -4.13. The molecule has 2 N–H and O–H groups in total. The molecule has 12 heteroatoms. The maximum Gasteiger partial charge on any atom is 0.264 e. The summed E-state index contributed by atoms with van der Waals surface area (Å²) in [6.45, 7) is 3.11. The Kier molecular flexibility index (Phi) is 6.17. The van der Waals surface area contributed by atoms with Crippen LogP contribution in [0.2, 0.25) is 5.02 Å². The molecule has 1 atom stereocenters. The Balaban J connectivity index is 1.88. The fourth-order valence-corrected chi connectivity index (χ4v) is 5.81. The lowest BCUT2D eigenvalue weighted by molar-refractivity contribution is -0.120. The summed E-state index contributed by atoms with van der Waals surface area (Å²) in [5.41, 5.74) is 1.86. The molecule has 0 bridgehead atoms. The number of hydrogen-bond acceptors (Lipinski definition) is 9. The number of thiophene rings is 1. The van der Waals surface area contributed by atoms with Gasteiger partial charge < -0.3 is 19.1 Å². The molecule has 0 fully saturated rings. The number of nitrogens with one attached hydrogen (secondary N) is 1. The molecule has 0 spiro atoms. The zero-order chi connectivity index (χ0) is 23.0. The maximum absolute atomic E-state index is 13.5. The van der Waals surface area contributed by atoms with Gasteiger partial charge in [-0.05, 0) is 54.5 Å². The van der Waals surface area contributed by atoms with E-state index in [2.05, 4.69) is 9.88 Å².